The lowest BCUT2D eigenvalue weighted by atomic mass is 10.0. The molecule has 2 N–H and O–H groups in total. The number of unbranched alkanes of at least 4 members (excludes halogenated alkanes) is 4. The number of benzene rings is 3. The number of rotatable bonds is 14. The van der Waals surface area contributed by atoms with Crippen molar-refractivity contribution in [3.8, 4) is 16.9 Å². The largest absolute Gasteiger partial charge is 0.494 e. The maximum Gasteiger partial charge on any atom is 0.416 e. The van der Waals surface area contributed by atoms with Crippen LogP contribution in [0.5, 0.6) is 5.75 Å². The van der Waals surface area contributed by atoms with E-state index in [0.29, 0.717) is 34.1 Å². The van der Waals surface area contributed by atoms with Crippen molar-refractivity contribution >= 4 is 23.5 Å². The van der Waals surface area contributed by atoms with Crippen LogP contribution in [0.25, 0.3) is 11.1 Å². The third-order valence-corrected chi connectivity index (χ3v) is 6.50. The summed E-state index contributed by atoms with van der Waals surface area (Å²) < 4.78 is 44.1. The molecule has 0 saturated heterocycles. The molecule has 0 saturated carbocycles. The zero-order chi connectivity index (χ0) is 28.3. The summed E-state index contributed by atoms with van der Waals surface area (Å²) in [7, 11) is 0. The first kappa shape index (κ1) is 30.0. The van der Waals surface area contributed by atoms with Gasteiger partial charge in [-0.25, -0.2) is 0 Å². The SMILES string of the molecule is O=C(O)CCNC(=O)c1ccc(CCCCCCCOc2ccc(-c3ccc(C(F)(F)F)cc3)c(Cl)c2)cc1. The summed E-state index contributed by atoms with van der Waals surface area (Å²) >= 11 is 6.35. The minimum atomic E-state index is -4.37. The molecule has 0 heterocycles. The molecule has 0 fully saturated rings. The van der Waals surface area contributed by atoms with E-state index in [4.69, 9.17) is 21.4 Å². The molecule has 3 aromatic carbocycles. The molecule has 0 spiro atoms. The maximum atomic E-state index is 12.8. The van der Waals surface area contributed by atoms with Gasteiger partial charge in [-0.2, -0.15) is 13.2 Å². The van der Waals surface area contributed by atoms with Gasteiger partial charge >= 0.3 is 12.1 Å². The number of aliphatic carboxylic acids is 1. The zero-order valence-corrected chi connectivity index (χ0v) is 22.2. The van der Waals surface area contributed by atoms with E-state index < -0.39 is 17.7 Å². The molecule has 0 aliphatic heterocycles. The van der Waals surface area contributed by atoms with Crippen molar-refractivity contribution < 1.29 is 32.6 Å². The molecule has 0 aliphatic rings. The smallest absolute Gasteiger partial charge is 0.416 e. The number of aryl methyl sites for hydroxylation is 1. The van der Waals surface area contributed by atoms with Crippen LogP contribution >= 0.6 is 11.6 Å². The molecule has 0 aliphatic carbocycles. The van der Waals surface area contributed by atoms with Gasteiger partial charge in [0.25, 0.3) is 5.91 Å². The molecule has 0 atom stereocenters. The number of halogens is 4. The summed E-state index contributed by atoms with van der Waals surface area (Å²) in [5.41, 5.74) is 2.21. The Hall–Kier alpha value is -3.52. The lowest BCUT2D eigenvalue weighted by molar-refractivity contribution is -0.138. The topological polar surface area (TPSA) is 75.6 Å². The number of amides is 1. The first-order valence-electron chi connectivity index (χ1n) is 12.8. The summed E-state index contributed by atoms with van der Waals surface area (Å²) in [4.78, 5) is 22.5. The second-order valence-electron chi connectivity index (χ2n) is 9.18. The van der Waals surface area contributed by atoms with Gasteiger partial charge in [-0.1, -0.05) is 55.1 Å². The molecule has 0 aromatic heterocycles. The Morgan fingerprint density at radius 1 is 0.872 bits per heavy atom. The third kappa shape index (κ3) is 9.94. The predicted molar refractivity (Wildman–Crippen MR) is 145 cm³/mol. The highest BCUT2D eigenvalue weighted by Crippen LogP contribution is 2.34. The molecule has 0 radical (unpaired) electrons. The molecule has 5 nitrogen and oxygen atoms in total. The average molecular weight is 562 g/mol. The van der Waals surface area contributed by atoms with E-state index in [-0.39, 0.29) is 18.9 Å². The number of hydrogen-bond acceptors (Lipinski definition) is 3. The van der Waals surface area contributed by atoms with Crippen molar-refractivity contribution in [2.75, 3.05) is 13.2 Å². The molecule has 208 valence electrons. The van der Waals surface area contributed by atoms with Crippen LogP contribution in [0.1, 0.15) is 60.0 Å². The number of carbonyl (C=O) groups excluding carboxylic acids is 1. The minimum absolute atomic E-state index is 0.104. The quantitative estimate of drug-likeness (QED) is 0.197. The Kier molecular flexibility index (Phi) is 11.2. The van der Waals surface area contributed by atoms with Gasteiger partial charge in [-0.05, 0) is 72.9 Å². The van der Waals surface area contributed by atoms with Crippen molar-refractivity contribution in [2.24, 2.45) is 0 Å². The molecule has 3 rings (SSSR count). The van der Waals surface area contributed by atoms with Crippen LogP contribution in [-0.2, 0) is 17.4 Å². The number of hydrogen-bond donors (Lipinski definition) is 2. The minimum Gasteiger partial charge on any atom is -0.494 e. The normalized spacial score (nSPS) is 11.3. The molecule has 0 bridgehead atoms. The fourth-order valence-corrected chi connectivity index (χ4v) is 4.30. The van der Waals surface area contributed by atoms with Crippen LogP contribution in [-0.4, -0.2) is 30.1 Å². The molecule has 3 aromatic rings. The van der Waals surface area contributed by atoms with Crippen molar-refractivity contribution in [1.29, 1.82) is 0 Å². The van der Waals surface area contributed by atoms with Gasteiger partial charge in [-0.3, -0.25) is 9.59 Å². The Morgan fingerprint density at radius 3 is 2.18 bits per heavy atom. The van der Waals surface area contributed by atoms with Crippen LogP contribution in [0.15, 0.2) is 66.7 Å². The van der Waals surface area contributed by atoms with E-state index in [9.17, 15) is 22.8 Å². The van der Waals surface area contributed by atoms with Gasteiger partial charge in [0, 0.05) is 17.7 Å². The number of ether oxygens (including phenoxy) is 1. The first-order valence-corrected chi connectivity index (χ1v) is 13.2. The molecule has 0 unspecified atom stereocenters. The van der Waals surface area contributed by atoms with E-state index in [1.807, 2.05) is 12.1 Å². The number of nitrogens with one attached hydrogen (secondary N) is 1. The van der Waals surface area contributed by atoms with Gasteiger partial charge in [0.2, 0.25) is 0 Å². The van der Waals surface area contributed by atoms with Crippen LogP contribution < -0.4 is 10.1 Å². The fraction of sp³-hybridized carbons (Fsp3) is 0.333. The lowest BCUT2D eigenvalue weighted by Gasteiger charge is -2.11. The summed E-state index contributed by atoms with van der Waals surface area (Å²) in [6.45, 7) is 0.652. The Morgan fingerprint density at radius 2 is 1.54 bits per heavy atom. The zero-order valence-electron chi connectivity index (χ0n) is 21.4. The fourth-order valence-electron chi connectivity index (χ4n) is 4.02. The second-order valence-corrected chi connectivity index (χ2v) is 9.59. The number of carboxylic acid groups (broad SMARTS) is 1. The Balaban J connectivity index is 1.30. The maximum absolute atomic E-state index is 12.8. The average Bonchev–Trinajstić information content (AvgIpc) is 2.90. The van der Waals surface area contributed by atoms with E-state index in [0.717, 1.165) is 56.2 Å². The first-order chi connectivity index (χ1) is 18.6. The van der Waals surface area contributed by atoms with Crippen LogP contribution in [0, 0.1) is 0 Å². The molecular formula is C30H31ClF3NO4. The van der Waals surface area contributed by atoms with Crippen LogP contribution in [0.2, 0.25) is 5.02 Å². The molecular weight excluding hydrogens is 531 g/mol. The van der Waals surface area contributed by atoms with Gasteiger partial charge in [-0.15, -0.1) is 0 Å². The van der Waals surface area contributed by atoms with Crippen LogP contribution in [0.3, 0.4) is 0 Å². The predicted octanol–water partition coefficient (Wildman–Crippen LogP) is 7.80. The van der Waals surface area contributed by atoms with Gasteiger partial charge in [0.05, 0.1) is 23.6 Å². The van der Waals surface area contributed by atoms with Crippen molar-refractivity contribution in [3.05, 3.63) is 88.4 Å². The number of carbonyl (C=O) groups is 2. The summed E-state index contributed by atoms with van der Waals surface area (Å²) in [6.07, 6.45) is 1.53. The van der Waals surface area contributed by atoms with Gasteiger partial charge < -0.3 is 15.2 Å². The highest BCUT2D eigenvalue weighted by atomic mass is 35.5. The number of alkyl halides is 3. The monoisotopic (exact) mass is 561 g/mol. The molecule has 1 amide bonds. The van der Waals surface area contributed by atoms with Crippen molar-refractivity contribution in [2.45, 2.75) is 51.1 Å². The highest BCUT2D eigenvalue weighted by molar-refractivity contribution is 6.33. The van der Waals surface area contributed by atoms with E-state index in [1.165, 1.54) is 12.1 Å². The Labute approximate surface area is 231 Å². The standard InChI is InChI=1S/C30H31ClF3NO4/c31-27-20-25(15-16-26(27)22-11-13-24(14-12-22)30(32,33)34)39-19-5-3-1-2-4-6-21-7-9-23(10-8-21)29(38)35-18-17-28(36)37/h7-16,20H,1-6,17-19H2,(H,35,38)(H,36,37). The lowest BCUT2D eigenvalue weighted by Crippen LogP contribution is -2.25. The van der Waals surface area contributed by atoms with Gasteiger partial charge in [0.15, 0.2) is 0 Å². The Bertz CT molecular complexity index is 1230. The van der Waals surface area contributed by atoms with E-state index in [1.54, 1.807) is 30.3 Å². The molecule has 9 heteroatoms. The highest BCUT2D eigenvalue weighted by Gasteiger charge is 2.30. The molecule has 39 heavy (non-hydrogen) atoms. The van der Waals surface area contributed by atoms with Crippen molar-refractivity contribution in [1.82, 2.24) is 5.32 Å². The number of carboxylic acids is 1. The van der Waals surface area contributed by atoms with Crippen molar-refractivity contribution in [3.63, 3.8) is 0 Å². The summed E-state index contributed by atoms with van der Waals surface area (Å²) in [5, 5.41) is 11.6. The van der Waals surface area contributed by atoms with E-state index >= 15 is 0 Å². The second kappa shape index (κ2) is 14.6. The van der Waals surface area contributed by atoms with Crippen LogP contribution in [0.4, 0.5) is 13.2 Å². The summed E-state index contributed by atoms with van der Waals surface area (Å²) in [5.74, 6) is -0.605. The third-order valence-electron chi connectivity index (χ3n) is 6.18. The van der Waals surface area contributed by atoms with Gasteiger partial charge in [0.1, 0.15) is 5.75 Å². The summed E-state index contributed by atoms with van der Waals surface area (Å²) in [6, 6.07) is 17.5. The van der Waals surface area contributed by atoms with E-state index in [2.05, 4.69) is 5.32 Å².